The summed E-state index contributed by atoms with van der Waals surface area (Å²) in [4.78, 5) is 27.1. The maximum absolute atomic E-state index is 13.2. The van der Waals surface area contributed by atoms with E-state index in [1.807, 2.05) is 66.7 Å². The number of Topliss-reactive ketones (excluding diaryl/α,β-unsaturated/α-hetero) is 1. The number of carbonyl (C=O) groups excluding carboxylic acids is 2. The number of rotatable bonds is 8. The Labute approximate surface area is 216 Å². The van der Waals surface area contributed by atoms with Crippen molar-refractivity contribution in [2.75, 3.05) is 44.8 Å². The van der Waals surface area contributed by atoms with E-state index in [0.717, 1.165) is 66.2 Å². The van der Waals surface area contributed by atoms with Gasteiger partial charge in [0, 0.05) is 47.2 Å². The molecule has 6 nitrogen and oxygen atoms in total. The van der Waals surface area contributed by atoms with Gasteiger partial charge in [-0.25, -0.2) is 0 Å². The number of nitrogens with zero attached hydrogens (tertiary/aromatic N) is 1. The summed E-state index contributed by atoms with van der Waals surface area (Å²) in [5.41, 5.74) is 3.82. The van der Waals surface area contributed by atoms with Gasteiger partial charge in [-0.2, -0.15) is 0 Å². The van der Waals surface area contributed by atoms with Crippen LogP contribution >= 0.6 is 0 Å². The Kier molecular flexibility index (Phi) is 7.59. The summed E-state index contributed by atoms with van der Waals surface area (Å²) in [6.07, 6.45) is 0. The summed E-state index contributed by atoms with van der Waals surface area (Å²) in [5, 5.41) is 4.96. The van der Waals surface area contributed by atoms with Crippen LogP contribution in [0, 0.1) is 0 Å². The lowest BCUT2D eigenvalue weighted by atomic mass is 10.0. The van der Waals surface area contributed by atoms with Gasteiger partial charge < -0.3 is 14.8 Å². The SMILES string of the molecule is CC(=O)c1ccc(-c2cccc(C(=O)Nc3ccc(OCCN4CCOCC4)c4ccccc34)c2)cc1. The van der Waals surface area contributed by atoms with E-state index in [0.29, 0.717) is 17.7 Å². The van der Waals surface area contributed by atoms with E-state index in [9.17, 15) is 9.59 Å². The van der Waals surface area contributed by atoms with Crippen molar-refractivity contribution >= 4 is 28.2 Å². The van der Waals surface area contributed by atoms with Crippen LogP contribution in [-0.4, -0.2) is 56.0 Å². The molecule has 0 spiro atoms. The molecule has 4 aromatic carbocycles. The van der Waals surface area contributed by atoms with Crippen LogP contribution in [0.1, 0.15) is 27.6 Å². The minimum absolute atomic E-state index is 0.0282. The van der Waals surface area contributed by atoms with E-state index in [1.54, 1.807) is 25.1 Å². The summed E-state index contributed by atoms with van der Waals surface area (Å²) in [5.74, 6) is 0.645. The molecule has 1 heterocycles. The average Bonchev–Trinajstić information content (AvgIpc) is 2.95. The van der Waals surface area contributed by atoms with Crippen LogP contribution in [0.4, 0.5) is 5.69 Å². The summed E-state index contributed by atoms with van der Waals surface area (Å²) in [7, 11) is 0. The highest BCUT2D eigenvalue weighted by Crippen LogP contribution is 2.32. The summed E-state index contributed by atoms with van der Waals surface area (Å²) < 4.78 is 11.5. The molecule has 4 aromatic rings. The highest BCUT2D eigenvalue weighted by molar-refractivity contribution is 6.10. The number of amides is 1. The first-order chi connectivity index (χ1) is 18.1. The van der Waals surface area contributed by atoms with Crippen molar-refractivity contribution in [3.05, 3.63) is 96.1 Å². The molecule has 1 aliphatic heterocycles. The van der Waals surface area contributed by atoms with Crippen LogP contribution < -0.4 is 10.1 Å². The first-order valence-corrected chi connectivity index (χ1v) is 12.6. The molecule has 0 saturated carbocycles. The summed E-state index contributed by atoms with van der Waals surface area (Å²) in [6, 6.07) is 26.7. The lowest BCUT2D eigenvalue weighted by Gasteiger charge is -2.26. The molecule has 0 unspecified atom stereocenters. The maximum atomic E-state index is 13.2. The second-order valence-electron chi connectivity index (χ2n) is 9.13. The van der Waals surface area contributed by atoms with E-state index >= 15 is 0 Å². The van der Waals surface area contributed by atoms with Crippen molar-refractivity contribution in [1.82, 2.24) is 4.90 Å². The van der Waals surface area contributed by atoms with Crippen LogP contribution in [-0.2, 0) is 4.74 Å². The molecule has 0 aromatic heterocycles. The van der Waals surface area contributed by atoms with E-state index in [-0.39, 0.29) is 11.7 Å². The van der Waals surface area contributed by atoms with Gasteiger partial charge in [0.2, 0.25) is 0 Å². The Bertz CT molecular complexity index is 1410. The monoisotopic (exact) mass is 494 g/mol. The Morgan fingerprint density at radius 2 is 1.59 bits per heavy atom. The van der Waals surface area contributed by atoms with E-state index in [2.05, 4.69) is 10.2 Å². The molecule has 6 heteroatoms. The van der Waals surface area contributed by atoms with E-state index in [1.165, 1.54) is 0 Å². The van der Waals surface area contributed by atoms with Crippen LogP contribution in [0.15, 0.2) is 84.9 Å². The van der Waals surface area contributed by atoms with Crippen molar-refractivity contribution in [3.8, 4) is 16.9 Å². The van der Waals surface area contributed by atoms with Gasteiger partial charge in [-0.15, -0.1) is 0 Å². The lowest BCUT2D eigenvalue weighted by Crippen LogP contribution is -2.38. The number of hydrogen-bond donors (Lipinski definition) is 1. The van der Waals surface area contributed by atoms with Crippen molar-refractivity contribution in [2.45, 2.75) is 6.92 Å². The minimum atomic E-state index is -0.187. The van der Waals surface area contributed by atoms with Gasteiger partial charge >= 0.3 is 0 Å². The number of ketones is 1. The van der Waals surface area contributed by atoms with Gasteiger partial charge in [-0.05, 0) is 42.3 Å². The minimum Gasteiger partial charge on any atom is -0.492 e. The zero-order valence-corrected chi connectivity index (χ0v) is 20.9. The number of ether oxygens (including phenoxy) is 2. The number of morpholine rings is 1. The Balaban J connectivity index is 1.31. The second kappa shape index (κ2) is 11.4. The number of hydrogen-bond acceptors (Lipinski definition) is 5. The van der Waals surface area contributed by atoms with E-state index in [4.69, 9.17) is 9.47 Å². The van der Waals surface area contributed by atoms with Gasteiger partial charge in [-0.3, -0.25) is 14.5 Å². The highest BCUT2D eigenvalue weighted by atomic mass is 16.5. The van der Waals surface area contributed by atoms with Gasteiger partial charge in [0.25, 0.3) is 5.91 Å². The van der Waals surface area contributed by atoms with Gasteiger partial charge in [0.15, 0.2) is 5.78 Å². The highest BCUT2D eigenvalue weighted by Gasteiger charge is 2.14. The Morgan fingerprint density at radius 3 is 2.35 bits per heavy atom. The second-order valence-corrected chi connectivity index (χ2v) is 9.13. The maximum Gasteiger partial charge on any atom is 0.255 e. The Hall–Kier alpha value is -4.00. The average molecular weight is 495 g/mol. The molecule has 0 aliphatic carbocycles. The fourth-order valence-electron chi connectivity index (χ4n) is 4.55. The van der Waals surface area contributed by atoms with Gasteiger partial charge in [0.05, 0.1) is 13.2 Å². The van der Waals surface area contributed by atoms with Crippen LogP contribution in [0.5, 0.6) is 5.75 Å². The topological polar surface area (TPSA) is 67.9 Å². The largest absolute Gasteiger partial charge is 0.492 e. The molecule has 1 saturated heterocycles. The first kappa shape index (κ1) is 24.7. The Morgan fingerprint density at radius 1 is 0.838 bits per heavy atom. The third-order valence-corrected chi connectivity index (χ3v) is 6.65. The first-order valence-electron chi connectivity index (χ1n) is 12.6. The van der Waals surface area contributed by atoms with Crippen molar-refractivity contribution in [2.24, 2.45) is 0 Å². The molecule has 1 amide bonds. The normalized spacial score (nSPS) is 13.9. The fraction of sp³-hybridized carbons (Fsp3) is 0.226. The summed E-state index contributed by atoms with van der Waals surface area (Å²) >= 11 is 0. The molecular formula is C31H30N2O4. The van der Waals surface area contributed by atoms with Crippen LogP contribution in [0.3, 0.4) is 0 Å². The van der Waals surface area contributed by atoms with Gasteiger partial charge in [-0.1, -0.05) is 60.7 Å². The number of carbonyl (C=O) groups is 2. The standard InChI is InChI=1S/C31H30N2O4/c1-22(34)23-9-11-24(12-10-23)25-5-4-6-26(21-25)31(35)32-29-13-14-30(28-8-3-2-7-27(28)29)37-20-17-33-15-18-36-19-16-33/h2-14,21H,15-20H2,1H3,(H,32,35). The molecule has 1 aliphatic rings. The zero-order chi connectivity index (χ0) is 25.6. The molecule has 1 fully saturated rings. The van der Waals surface area contributed by atoms with Crippen molar-refractivity contribution in [3.63, 3.8) is 0 Å². The molecule has 1 N–H and O–H groups in total. The smallest absolute Gasteiger partial charge is 0.255 e. The fourth-order valence-corrected chi connectivity index (χ4v) is 4.55. The quantitative estimate of drug-likeness (QED) is 0.320. The molecule has 188 valence electrons. The molecule has 0 atom stereocenters. The number of benzene rings is 4. The third-order valence-electron chi connectivity index (χ3n) is 6.65. The van der Waals surface area contributed by atoms with Crippen molar-refractivity contribution in [1.29, 1.82) is 0 Å². The lowest BCUT2D eigenvalue weighted by molar-refractivity contribution is 0.0323. The number of nitrogens with one attached hydrogen (secondary N) is 1. The number of fused-ring (bicyclic) bond motifs is 1. The van der Waals surface area contributed by atoms with E-state index < -0.39 is 0 Å². The predicted octanol–water partition coefficient (Wildman–Crippen LogP) is 5.67. The third kappa shape index (κ3) is 5.88. The molecule has 0 bridgehead atoms. The molecule has 37 heavy (non-hydrogen) atoms. The molecule has 5 rings (SSSR count). The number of anilines is 1. The summed E-state index contributed by atoms with van der Waals surface area (Å²) in [6.45, 7) is 6.40. The zero-order valence-electron chi connectivity index (χ0n) is 20.9. The van der Waals surface area contributed by atoms with Gasteiger partial charge in [0.1, 0.15) is 12.4 Å². The van der Waals surface area contributed by atoms with Crippen LogP contribution in [0.25, 0.3) is 21.9 Å². The molecular weight excluding hydrogens is 464 g/mol. The van der Waals surface area contributed by atoms with Crippen LogP contribution in [0.2, 0.25) is 0 Å². The predicted molar refractivity (Wildman–Crippen MR) is 147 cm³/mol. The van der Waals surface area contributed by atoms with Crippen molar-refractivity contribution < 1.29 is 19.1 Å². The molecule has 0 radical (unpaired) electrons.